The Kier molecular flexibility index (Phi) is 5.52. The van der Waals surface area contributed by atoms with E-state index < -0.39 is 5.91 Å². The van der Waals surface area contributed by atoms with Gasteiger partial charge in [-0.15, -0.1) is 0 Å². The quantitative estimate of drug-likeness (QED) is 0.673. The van der Waals surface area contributed by atoms with E-state index in [1.165, 1.54) is 6.08 Å². The number of hydrazine groups is 1. The Balaban J connectivity index is 1.88. The van der Waals surface area contributed by atoms with Crippen molar-refractivity contribution in [2.75, 3.05) is 7.11 Å². The van der Waals surface area contributed by atoms with E-state index in [-0.39, 0.29) is 5.91 Å². The smallest absolute Gasteiger partial charge is 0.269 e. The zero-order valence-electron chi connectivity index (χ0n) is 13.0. The fraction of sp³-hybridized carbons (Fsp3) is 0.111. The summed E-state index contributed by atoms with van der Waals surface area (Å²) in [5.74, 6) is -0.0193. The van der Waals surface area contributed by atoms with E-state index in [4.69, 9.17) is 4.74 Å². The van der Waals surface area contributed by atoms with Crippen LogP contribution in [0, 0.1) is 6.92 Å². The number of rotatable bonds is 4. The van der Waals surface area contributed by atoms with Gasteiger partial charge in [0.05, 0.1) is 7.11 Å². The Morgan fingerprint density at radius 2 is 1.70 bits per heavy atom. The topological polar surface area (TPSA) is 67.4 Å². The van der Waals surface area contributed by atoms with Gasteiger partial charge in [0.15, 0.2) is 0 Å². The molecule has 118 valence electrons. The number of aryl methyl sites for hydroxylation is 1. The Bertz CT molecular complexity index is 721. The van der Waals surface area contributed by atoms with Crippen LogP contribution in [0.5, 0.6) is 5.75 Å². The minimum Gasteiger partial charge on any atom is -0.497 e. The zero-order valence-corrected chi connectivity index (χ0v) is 13.0. The van der Waals surface area contributed by atoms with Crippen LogP contribution < -0.4 is 15.6 Å². The molecule has 0 aliphatic heterocycles. The minimum absolute atomic E-state index is 0.353. The lowest BCUT2D eigenvalue weighted by Gasteiger charge is -2.07. The van der Waals surface area contributed by atoms with E-state index in [1.54, 1.807) is 37.5 Å². The lowest BCUT2D eigenvalue weighted by molar-refractivity contribution is -0.117. The highest BCUT2D eigenvalue weighted by Crippen LogP contribution is 2.12. The second-order valence-corrected chi connectivity index (χ2v) is 4.86. The van der Waals surface area contributed by atoms with Gasteiger partial charge in [0.25, 0.3) is 11.8 Å². The van der Waals surface area contributed by atoms with Crippen LogP contribution in [0.3, 0.4) is 0 Å². The number of methoxy groups -OCH3 is 1. The van der Waals surface area contributed by atoms with E-state index in [1.807, 2.05) is 31.2 Å². The van der Waals surface area contributed by atoms with Crippen LogP contribution in [0.25, 0.3) is 6.08 Å². The molecular weight excluding hydrogens is 292 g/mol. The summed E-state index contributed by atoms with van der Waals surface area (Å²) in [7, 11) is 1.59. The van der Waals surface area contributed by atoms with Crippen LogP contribution in [0.2, 0.25) is 0 Å². The van der Waals surface area contributed by atoms with Gasteiger partial charge in [0, 0.05) is 11.6 Å². The van der Waals surface area contributed by atoms with Gasteiger partial charge in [0.2, 0.25) is 0 Å². The predicted octanol–water partition coefficient (Wildman–Crippen LogP) is 2.48. The first-order valence-electron chi connectivity index (χ1n) is 7.08. The molecule has 5 nitrogen and oxygen atoms in total. The maximum atomic E-state index is 12.0. The van der Waals surface area contributed by atoms with Crippen LogP contribution in [-0.2, 0) is 4.79 Å². The van der Waals surface area contributed by atoms with Gasteiger partial charge < -0.3 is 4.74 Å². The monoisotopic (exact) mass is 310 g/mol. The van der Waals surface area contributed by atoms with Crippen molar-refractivity contribution in [3.05, 3.63) is 71.3 Å². The third-order valence-corrected chi connectivity index (χ3v) is 3.23. The van der Waals surface area contributed by atoms with E-state index in [9.17, 15) is 9.59 Å². The average Bonchev–Trinajstić information content (AvgIpc) is 2.58. The molecule has 0 radical (unpaired) electrons. The summed E-state index contributed by atoms with van der Waals surface area (Å²) >= 11 is 0. The Morgan fingerprint density at radius 1 is 1.00 bits per heavy atom. The second-order valence-electron chi connectivity index (χ2n) is 4.86. The van der Waals surface area contributed by atoms with Gasteiger partial charge in [-0.25, -0.2) is 0 Å². The highest BCUT2D eigenvalue weighted by Gasteiger charge is 2.07. The molecule has 2 aromatic rings. The number of hydrogen-bond donors (Lipinski definition) is 2. The normalized spacial score (nSPS) is 10.3. The summed E-state index contributed by atoms with van der Waals surface area (Å²) in [5, 5.41) is 0. The van der Waals surface area contributed by atoms with Crippen LogP contribution in [-0.4, -0.2) is 18.9 Å². The van der Waals surface area contributed by atoms with E-state index in [0.29, 0.717) is 5.56 Å². The number of benzene rings is 2. The third-order valence-electron chi connectivity index (χ3n) is 3.23. The SMILES string of the molecule is COc1ccc(/C=C/C(=O)NNC(=O)c2ccccc2C)cc1. The van der Waals surface area contributed by atoms with Gasteiger partial charge in [0.1, 0.15) is 5.75 Å². The fourth-order valence-corrected chi connectivity index (χ4v) is 1.94. The first-order valence-corrected chi connectivity index (χ1v) is 7.08. The molecule has 0 saturated carbocycles. The number of nitrogens with one attached hydrogen (secondary N) is 2. The molecule has 0 fully saturated rings. The lowest BCUT2D eigenvalue weighted by atomic mass is 10.1. The van der Waals surface area contributed by atoms with Crippen LogP contribution in [0.1, 0.15) is 21.5 Å². The van der Waals surface area contributed by atoms with Crippen molar-refractivity contribution in [2.45, 2.75) is 6.92 Å². The Morgan fingerprint density at radius 3 is 2.35 bits per heavy atom. The summed E-state index contributed by atoms with van der Waals surface area (Å²) in [6.45, 7) is 1.83. The number of carbonyl (C=O) groups is 2. The number of ether oxygens (including phenoxy) is 1. The summed E-state index contributed by atoms with van der Waals surface area (Å²) in [5.41, 5.74) is 6.95. The van der Waals surface area contributed by atoms with Crippen molar-refractivity contribution >= 4 is 17.9 Å². The summed E-state index contributed by atoms with van der Waals surface area (Å²) in [6, 6.07) is 14.4. The predicted molar refractivity (Wildman–Crippen MR) is 88.8 cm³/mol. The average molecular weight is 310 g/mol. The van der Waals surface area contributed by atoms with E-state index in [2.05, 4.69) is 10.9 Å². The molecule has 0 saturated heterocycles. The largest absolute Gasteiger partial charge is 0.497 e. The molecule has 2 N–H and O–H groups in total. The van der Waals surface area contributed by atoms with E-state index >= 15 is 0 Å². The number of hydrogen-bond acceptors (Lipinski definition) is 3. The van der Waals surface area contributed by atoms with Gasteiger partial charge in [-0.1, -0.05) is 30.3 Å². The number of carbonyl (C=O) groups excluding carboxylic acids is 2. The molecule has 0 aliphatic carbocycles. The van der Waals surface area contributed by atoms with Crippen molar-refractivity contribution in [3.63, 3.8) is 0 Å². The highest BCUT2D eigenvalue weighted by molar-refractivity contribution is 5.98. The Labute approximate surface area is 134 Å². The lowest BCUT2D eigenvalue weighted by Crippen LogP contribution is -2.41. The van der Waals surface area contributed by atoms with Crippen LogP contribution >= 0.6 is 0 Å². The zero-order chi connectivity index (χ0) is 16.7. The first kappa shape index (κ1) is 16.3. The summed E-state index contributed by atoms with van der Waals surface area (Å²) in [4.78, 5) is 23.7. The molecule has 0 atom stereocenters. The van der Waals surface area contributed by atoms with Gasteiger partial charge in [-0.05, 0) is 42.3 Å². The van der Waals surface area contributed by atoms with E-state index in [0.717, 1.165) is 16.9 Å². The van der Waals surface area contributed by atoms with Crippen LogP contribution in [0.4, 0.5) is 0 Å². The molecule has 0 aromatic heterocycles. The summed E-state index contributed by atoms with van der Waals surface area (Å²) in [6.07, 6.45) is 2.99. The molecule has 23 heavy (non-hydrogen) atoms. The van der Waals surface area contributed by atoms with Crippen molar-refractivity contribution in [1.82, 2.24) is 10.9 Å². The van der Waals surface area contributed by atoms with Gasteiger partial charge in [-0.3, -0.25) is 20.4 Å². The third kappa shape index (κ3) is 4.71. The maximum absolute atomic E-state index is 12.0. The second kappa shape index (κ2) is 7.79. The van der Waals surface area contributed by atoms with Crippen molar-refractivity contribution in [2.24, 2.45) is 0 Å². The molecule has 2 amide bonds. The maximum Gasteiger partial charge on any atom is 0.269 e. The highest BCUT2D eigenvalue weighted by atomic mass is 16.5. The Hall–Kier alpha value is -3.08. The molecule has 5 heteroatoms. The van der Waals surface area contributed by atoms with Crippen molar-refractivity contribution < 1.29 is 14.3 Å². The number of amides is 2. The van der Waals surface area contributed by atoms with Gasteiger partial charge in [-0.2, -0.15) is 0 Å². The molecule has 0 unspecified atom stereocenters. The summed E-state index contributed by atoms with van der Waals surface area (Å²) < 4.78 is 5.06. The molecule has 2 aromatic carbocycles. The van der Waals surface area contributed by atoms with Crippen molar-refractivity contribution in [3.8, 4) is 5.75 Å². The standard InChI is InChI=1S/C18H18N2O3/c1-13-5-3-4-6-16(13)18(22)20-19-17(21)12-9-14-7-10-15(23-2)11-8-14/h3-12H,1-2H3,(H,19,21)(H,20,22)/b12-9+. The molecular formula is C18H18N2O3. The van der Waals surface area contributed by atoms with Gasteiger partial charge >= 0.3 is 0 Å². The molecule has 0 spiro atoms. The fourth-order valence-electron chi connectivity index (χ4n) is 1.94. The molecule has 0 heterocycles. The molecule has 0 aliphatic rings. The molecule has 2 rings (SSSR count). The molecule has 0 bridgehead atoms. The minimum atomic E-state index is -0.414. The van der Waals surface area contributed by atoms with Crippen molar-refractivity contribution in [1.29, 1.82) is 0 Å². The van der Waals surface area contributed by atoms with Crippen LogP contribution in [0.15, 0.2) is 54.6 Å². The first-order chi connectivity index (χ1) is 11.1.